The first-order valence-electron chi connectivity index (χ1n) is 8.62. The van der Waals surface area contributed by atoms with Crippen molar-refractivity contribution in [2.45, 2.75) is 37.8 Å². The SMILES string of the molecule is O=C(NC1CCC(n2cccc3ccnc2-3)CC1)c1ccc[nH]c1=O. The predicted molar refractivity (Wildman–Crippen MR) is 94.7 cm³/mol. The molecular formula is C19H20N4O2. The van der Waals surface area contributed by atoms with Gasteiger partial charge in [-0.1, -0.05) is 0 Å². The van der Waals surface area contributed by atoms with Crippen LogP contribution in [0.3, 0.4) is 0 Å². The highest BCUT2D eigenvalue weighted by atomic mass is 16.2. The second-order valence-electron chi connectivity index (χ2n) is 6.53. The molecule has 128 valence electrons. The highest BCUT2D eigenvalue weighted by Crippen LogP contribution is 2.32. The number of nitrogens with zero attached hydrogens (tertiary/aromatic N) is 2. The Labute approximate surface area is 145 Å². The van der Waals surface area contributed by atoms with Crippen LogP contribution in [-0.2, 0) is 0 Å². The van der Waals surface area contributed by atoms with Crippen molar-refractivity contribution in [2.24, 2.45) is 0 Å². The van der Waals surface area contributed by atoms with Gasteiger partial charge in [-0.05, 0) is 56.0 Å². The molecule has 3 heterocycles. The number of hydrogen-bond donors (Lipinski definition) is 2. The number of rotatable bonds is 3. The Kier molecular flexibility index (Phi) is 4.09. The quantitative estimate of drug-likeness (QED) is 0.771. The Morgan fingerprint density at radius 3 is 2.80 bits per heavy atom. The Bertz CT molecular complexity index is 905. The maximum Gasteiger partial charge on any atom is 0.260 e. The fourth-order valence-electron chi connectivity index (χ4n) is 3.65. The molecule has 0 unspecified atom stereocenters. The smallest absolute Gasteiger partial charge is 0.260 e. The third-order valence-corrected chi connectivity index (χ3v) is 4.96. The number of aromatic nitrogens is 3. The van der Waals surface area contributed by atoms with Crippen LogP contribution in [0.2, 0.25) is 0 Å². The van der Waals surface area contributed by atoms with Gasteiger partial charge in [-0.25, -0.2) is 4.98 Å². The molecule has 0 spiro atoms. The lowest BCUT2D eigenvalue weighted by molar-refractivity contribution is 0.0921. The van der Waals surface area contributed by atoms with E-state index in [0.717, 1.165) is 37.1 Å². The highest BCUT2D eigenvalue weighted by Gasteiger charge is 2.25. The number of H-pyrrole nitrogens is 1. The van der Waals surface area contributed by atoms with Gasteiger partial charge >= 0.3 is 0 Å². The van der Waals surface area contributed by atoms with Crippen molar-refractivity contribution in [1.29, 1.82) is 0 Å². The molecule has 1 aliphatic carbocycles. The van der Waals surface area contributed by atoms with E-state index < -0.39 is 0 Å². The zero-order valence-electron chi connectivity index (χ0n) is 13.8. The van der Waals surface area contributed by atoms with Crippen LogP contribution in [-0.4, -0.2) is 26.5 Å². The van der Waals surface area contributed by atoms with E-state index in [1.54, 1.807) is 12.1 Å². The summed E-state index contributed by atoms with van der Waals surface area (Å²) < 4.78 is 2.25. The van der Waals surface area contributed by atoms with E-state index in [0.29, 0.717) is 6.04 Å². The molecular weight excluding hydrogens is 316 g/mol. The largest absolute Gasteiger partial charge is 0.349 e. The second kappa shape index (κ2) is 6.55. The van der Waals surface area contributed by atoms with Crippen LogP contribution in [0, 0.1) is 0 Å². The van der Waals surface area contributed by atoms with E-state index in [1.807, 2.05) is 12.3 Å². The van der Waals surface area contributed by atoms with Crippen LogP contribution in [0.4, 0.5) is 0 Å². The topological polar surface area (TPSA) is 79.8 Å². The summed E-state index contributed by atoms with van der Waals surface area (Å²) in [4.78, 5) is 31.0. The molecule has 1 aromatic heterocycles. The van der Waals surface area contributed by atoms with Crippen molar-refractivity contribution in [3.05, 3.63) is 64.8 Å². The maximum absolute atomic E-state index is 12.3. The van der Waals surface area contributed by atoms with Gasteiger partial charge in [-0.15, -0.1) is 0 Å². The van der Waals surface area contributed by atoms with E-state index >= 15 is 0 Å². The Morgan fingerprint density at radius 1 is 1.16 bits per heavy atom. The molecule has 0 bridgehead atoms. The molecule has 3 aliphatic rings. The normalized spacial score (nSPS) is 20.5. The summed E-state index contributed by atoms with van der Waals surface area (Å²) in [7, 11) is 0. The summed E-state index contributed by atoms with van der Waals surface area (Å²) in [5.41, 5.74) is 0.976. The molecule has 6 nitrogen and oxygen atoms in total. The van der Waals surface area contributed by atoms with Crippen molar-refractivity contribution in [1.82, 2.24) is 19.9 Å². The molecule has 1 aromatic rings. The average Bonchev–Trinajstić information content (AvgIpc) is 3.11. The van der Waals surface area contributed by atoms with Gasteiger partial charge in [0.25, 0.3) is 11.5 Å². The third-order valence-electron chi connectivity index (χ3n) is 4.96. The molecule has 2 N–H and O–H groups in total. The summed E-state index contributed by atoms with van der Waals surface area (Å²) >= 11 is 0. The number of pyridine rings is 2. The molecule has 1 fully saturated rings. The number of carbonyl (C=O) groups excluding carboxylic acids is 1. The van der Waals surface area contributed by atoms with Gasteiger partial charge in [0.05, 0.1) is 0 Å². The Balaban J connectivity index is 1.41. The van der Waals surface area contributed by atoms with E-state index in [1.165, 1.54) is 6.20 Å². The molecule has 1 saturated carbocycles. The van der Waals surface area contributed by atoms with Crippen LogP contribution in [0.1, 0.15) is 42.1 Å². The summed E-state index contributed by atoms with van der Waals surface area (Å²) in [6.07, 6.45) is 9.20. The first kappa shape index (κ1) is 15.6. The Hall–Kier alpha value is -2.89. The van der Waals surface area contributed by atoms with Gasteiger partial charge < -0.3 is 14.9 Å². The van der Waals surface area contributed by atoms with E-state index in [9.17, 15) is 9.59 Å². The minimum Gasteiger partial charge on any atom is -0.349 e. The Morgan fingerprint density at radius 2 is 2.00 bits per heavy atom. The second-order valence-corrected chi connectivity index (χ2v) is 6.53. The summed E-state index contributed by atoms with van der Waals surface area (Å²) in [6, 6.07) is 9.87. The summed E-state index contributed by atoms with van der Waals surface area (Å²) in [6.45, 7) is 0. The lowest BCUT2D eigenvalue weighted by Crippen LogP contribution is -2.40. The number of amides is 1. The van der Waals surface area contributed by atoms with Gasteiger partial charge in [-0.3, -0.25) is 9.59 Å². The number of nitrogens with one attached hydrogen (secondary N) is 2. The fourth-order valence-corrected chi connectivity index (χ4v) is 3.65. The van der Waals surface area contributed by atoms with Crippen molar-refractivity contribution in [3.8, 4) is 11.4 Å². The molecule has 0 atom stereocenters. The van der Waals surface area contributed by atoms with Gasteiger partial charge in [0, 0.05) is 36.2 Å². The first-order valence-corrected chi connectivity index (χ1v) is 8.62. The zero-order valence-corrected chi connectivity index (χ0v) is 13.8. The van der Waals surface area contributed by atoms with E-state index in [2.05, 4.69) is 38.2 Å². The van der Waals surface area contributed by atoms with Gasteiger partial charge in [0.15, 0.2) is 0 Å². The van der Waals surface area contributed by atoms with Crippen molar-refractivity contribution < 1.29 is 4.79 Å². The third kappa shape index (κ3) is 3.07. The number of carbonyl (C=O) groups is 1. The highest BCUT2D eigenvalue weighted by molar-refractivity contribution is 5.93. The molecule has 6 heteroatoms. The van der Waals surface area contributed by atoms with Gasteiger partial charge in [-0.2, -0.15) is 0 Å². The van der Waals surface area contributed by atoms with Crippen LogP contribution >= 0.6 is 0 Å². The van der Waals surface area contributed by atoms with Crippen LogP contribution in [0.15, 0.2) is 53.7 Å². The molecule has 0 radical (unpaired) electrons. The first-order chi connectivity index (χ1) is 12.2. The minimum atomic E-state index is -0.349. The lowest BCUT2D eigenvalue weighted by Gasteiger charge is -2.31. The molecule has 0 saturated heterocycles. The summed E-state index contributed by atoms with van der Waals surface area (Å²) in [5.74, 6) is 0.726. The maximum atomic E-state index is 12.3. The van der Waals surface area contributed by atoms with Crippen LogP contribution in [0.5, 0.6) is 0 Å². The van der Waals surface area contributed by atoms with Crippen LogP contribution in [0.25, 0.3) is 11.4 Å². The van der Waals surface area contributed by atoms with Crippen LogP contribution < -0.4 is 10.9 Å². The number of hydrogen-bond acceptors (Lipinski definition) is 3. The van der Waals surface area contributed by atoms with Crippen molar-refractivity contribution in [2.75, 3.05) is 0 Å². The van der Waals surface area contributed by atoms with Gasteiger partial charge in [0.1, 0.15) is 11.4 Å². The van der Waals surface area contributed by atoms with E-state index in [4.69, 9.17) is 0 Å². The molecule has 2 aliphatic heterocycles. The molecule has 1 amide bonds. The number of fused-ring (bicyclic) bond motifs is 1. The average molecular weight is 336 g/mol. The molecule has 4 rings (SSSR count). The van der Waals surface area contributed by atoms with Crippen molar-refractivity contribution >= 4 is 5.91 Å². The van der Waals surface area contributed by atoms with Gasteiger partial charge in [0.2, 0.25) is 0 Å². The fraction of sp³-hybridized carbons (Fsp3) is 0.316. The lowest BCUT2D eigenvalue weighted by atomic mass is 9.90. The van der Waals surface area contributed by atoms with Crippen molar-refractivity contribution in [3.63, 3.8) is 0 Å². The zero-order chi connectivity index (χ0) is 17.2. The minimum absolute atomic E-state index is 0.107. The van der Waals surface area contributed by atoms with E-state index in [-0.39, 0.29) is 23.1 Å². The summed E-state index contributed by atoms with van der Waals surface area (Å²) in [5, 5.41) is 3.00. The number of aromatic amines is 1. The molecule has 25 heavy (non-hydrogen) atoms. The molecule has 0 aromatic carbocycles. The predicted octanol–water partition coefficient (Wildman–Crippen LogP) is 2.59. The monoisotopic (exact) mass is 336 g/mol. The standard InChI is InChI=1S/C19H20N4O2/c24-18-16(4-1-10-21-18)19(25)22-14-5-7-15(8-6-14)23-12-2-3-13-9-11-20-17(13)23/h1-4,9-12,14-15H,5-8H2,(H,21,24)(H,22,25).